The van der Waals surface area contributed by atoms with E-state index >= 15 is 0 Å². The third kappa shape index (κ3) is 4.73. The lowest BCUT2D eigenvalue weighted by Crippen LogP contribution is -2.46. The average molecular weight is 386 g/mol. The van der Waals surface area contributed by atoms with Crippen LogP contribution in [0.2, 0.25) is 0 Å². The number of piperidine rings is 1. The van der Waals surface area contributed by atoms with Gasteiger partial charge in [-0.3, -0.25) is 14.5 Å². The van der Waals surface area contributed by atoms with Crippen molar-refractivity contribution in [2.24, 2.45) is 11.8 Å². The molecule has 1 unspecified atom stereocenters. The molecule has 0 aromatic heterocycles. The summed E-state index contributed by atoms with van der Waals surface area (Å²) in [6.45, 7) is 7.68. The molecule has 6 nitrogen and oxygen atoms in total. The Labute approximate surface area is 167 Å². The van der Waals surface area contributed by atoms with E-state index in [-0.39, 0.29) is 17.7 Å². The lowest BCUT2D eigenvalue weighted by Gasteiger charge is -2.36. The van der Waals surface area contributed by atoms with Crippen LogP contribution in [0.5, 0.6) is 0 Å². The Bertz CT molecular complexity index is 667. The van der Waals surface area contributed by atoms with Gasteiger partial charge in [-0.15, -0.1) is 0 Å². The van der Waals surface area contributed by atoms with E-state index in [1.807, 2.05) is 40.1 Å². The molecule has 3 saturated heterocycles. The lowest BCUT2D eigenvalue weighted by atomic mass is 9.94. The third-order valence-electron chi connectivity index (χ3n) is 6.33. The standard InChI is InChI=1S/C22H31N3O3/c26-21-14-20(17-25(21)16-18-4-2-1-3-5-18)22(27)24-8-6-19(7-9-24)15-23-10-12-28-13-11-23/h1-5,19-20H,6-17H2. The zero-order chi connectivity index (χ0) is 19.3. The van der Waals surface area contributed by atoms with Gasteiger partial charge in [-0.25, -0.2) is 0 Å². The second kappa shape index (κ2) is 9.05. The van der Waals surface area contributed by atoms with Crippen LogP contribution in [0, 0.1) is 11.8 Å². The first-order valence-electron chi connectivity index (χ1n) is 10.6. The van der Waals surface area contributed by atoms with Gasteiger partial charge in [0.05, 0.1) is 19.1 Å². The number of rotatable bonds is 5. The molecule has 1 atom stereocenters. The molecule has 6 heteroatoms. The number of nitrogens with zero attached hydrogens (tertiary/aromatic N) is 3. The van der Waals surface area contributed by atoms with Crippen LogP contribution in [0.1, 0.15) is 24.8 Å². The van der Waals surface area contributed by atoms with Gasteiger partial charge in [-0.2, -0.15) is 0 Å². The summed E-state index contributed by atoms with van der Waals surface area (Å²) in [5.41, 5.74) is 1.12. The second-order valence-corrected chi connectivity index (χ2v) is 8.34. The molecule has 152 valence electrons. The first-order valence-corrected chi connectivity index (χ1v) is 10.6. The summed E-state index contributed by atoms with van der Waals surface area (Å²) in [5, 5.41) is 0. The fourth-order valence-electron chi connectivity index (χ4n) is 4.64. The minimum atomic E-state index is -0.174. The van der Waals surface area contributed by atoms with E-state index in [1.54, 1.807) is 0 Å². The van der Waals surface area contributed by atoms with Crippen LogP contribution in [0.25, 0.3) is 0 Å². The molecule has 3 heterocycles. The summed E-state index contributed by atoms with van der Waals surface area (Å²) >= 11 is 0. The zero-order valence-electron chi connectivity index (χ0n) is 16.6. The Hall–Kier alpha value is -1.92. The van der Waals surface area contributed by atoms with E-state index in [2.05, 4.69) is 4.90 Å². The molecule has 3 fully saturated rings. The number of hydrogen-bond donors (Lipinski definition) is 0. The summed E-state index contributed by atoms with van der Waals surface area (Å²) in [7, 11) is 0. The quantitative estimate of drug-likeness (QED) is 0.773. The highest BCUT2D eigenvalue weighted by Crippen LogP contribution is 2.25. The Morgan fingerprint density at radius 3 is 2.46 bits per heavy atom. The molecule has 4 rings (SSSR count). The van der Waals surface area contributed by atoms with Crippen molar-refractivity contribution in [3.8, 4) is 0 Å². The molecule has 0 aliphatic carbocycles. The largest absolute Gasteiger partial charge is 0.379 e. The number of ether oxygens (including phenoxy) is 1. The van der Waals surface area contributed by atoms with Crippen molar-refractivity contribution in [3.63, 3.8) is 0 Å². The van der Waals surface area contributed by atoms with E-state index in [0.717, 1.165) is 64.3 Å². The molecule has 28 heavy (non-hydrogen) atoms. The van der Waals surface area contributed by atoms with Crippen LogP contribution in [0.15, 0.2) is 30.3 Å². The van der Waals surface area contributed by atoms with Crippen molar-refractivity contribution in [2.75, 3.05) is 52.5 Å². The van der Waals surface area contributed by atoms with E-state index in [4.69, 9.17) is 4.74 Å². The normalized spacial score (nSPS) is 24.7. The summed E-state index contributed by atoms with van der Waals surface area (Å²) in [6, 6.07) is 10.0. The molecule has 3 aliphatic rings. The fraction of sp³-hybridized carbons (Fsp3) is 0.636. The van der Waals surface area contributed by atoms with Crippen molar-refractivity contribution in [1.82, 2.24) is 14.7 Å². The summed E-state index contributed by atoms with van der Waals surface area (Å²) in [6.07, 6.45) is 2.49. The first kappa shape index (κ1) is 19.4. The maximum absolute atomic E-state index is 13.0. The molecule has 0 bridgehead atoms. The van der Waals surface area contributed by atoms with Gasteiger partial charge >= 0.3 is 0 Å². The molecule has 2 amide bonds. The Morgan fingerprint density at radius 1 is 1.04 bits per heavy atom. The number of hydrogen-bond acceptors (Lipinski definition) is 4. The third-order valence-corrected chi connectivity index (χ3v) is 6.33. The van der Waals surface area contributed by atoms with Gasteiger partial charge in [0, 0.05) is 52.2 Å². The molecular weight excluding hydrogens is 354 g/mol. The van der Waals surface area contributed by atoms with Crippen molar-refractivity contribution < 1.29 is 14.3 Å². The van der Waals surface area contributed by atoms with Gasteiger partial charge in [0.2, 0.25) is 11.8 Å². The topological polar surface area (TPSA) is 53.1 Å². The highest BCUT2D eigenvalue weighted by Gasteiger charge is 2.37. The molecule has 0 radical (unpaired) electrons. The number of likely N-dealkylation sites (tertiary alicyclic amines) is 2. The van der Waals surface area contributed by atoms with Crippen LogP contribution in [-0.2, 0) is 20.9 Å². The number of carbonyl (C=O) groups excluding carboxylic acids is 2. The van der Waals surface area contributed by atoms with Crippen molar-refractivity contribution in [3.05, 3.63) is 35.9 Å². The van der Waals surface area contributed by atoms with Gasteiger partial charge in [0.25, 0.3) is 0 Å². The average Bonchev–Trinajstić information content (AvgIpc) is 3.10. The van der Waals surface area contributed by atoms with E-state index in [1.165, 1.54) is 0 Å². The van der Waals surface area contributed by atoms with Crippen molar-refractivity contribution in [1.29, 1.82) is 0 Å². The number of morpholine rings is 1. The number of carbonyl (C=O) groups is 2. The molecule has 1 aromatic rings. The Kier molecular flexibility index (Phi) is 6.27. The predicted octanol–water partition coefficient (Wildman–Crippen LogP) is 1.61. The monoisotopic (exact) mass is 385 g/mol. The van der Waals surface area contributed by atoms with Gasteiger partial charge in [-0.05, 0) is 24.3 Å². The minimum Gasteiger partial charge on any atom is -0.379 e. The highest BCUT2D eigenvalue weighted by molar-refractivity contribution is 5.89. The van der Waals surface area contributed by atoms with E-state index in [0.29, 0.717) is 25.4 Å². The van der Waals surface area contributed by atoms with Gasteiger partial charge in [0.15, 0.2) is 0 Å². The fourth-order valence-corrected chi connectivity index (χ4v) is 4.64. The SMILES string of the molecule is O=C1CC(C(=O)N2CCC(CN3CCOCC3)CC2)CN1Cc1ccccc1. The van der Waals surface area contributed by atoms with Gasteiger partial charge in [-0.1, -0.05) is 30.3 Å². The van der Waals surface area contributed by atoms with Gasteiger partial charge in [0.1, 0.15) is 0 Å². The van der Waals surface area contributed by atoms with Crippen molar-refractivity contribution >= 4 is 11.8 Å². The first-order chi connectivity index (χ1) is 13.7. The molecule has 1 aromatic carbocycles. The molecular formula is C22H31N3O3. The molecule has 3 aliphatic heterocycles. The summed E-state index contributed by atoms with van der Waals surface area (Å²) in [5.74, 6) is 0.770. The molecule has 0 spiro atoms. The van der Waals surface area contributed by atoms with E-state index in [9.17, 15) is 9.59 Å². The van der Waals surface area contributed by atoms with Crippen LogP contribution < -0.4 is 0 Å². The maximum atomic E-state index is 13.0. The zero-order valence-corrected chi connectivity index (χ0v) is 16.6. The Balaban J connectivity index is 1.24. The van der Waals surface area contributed by atoms with Crippen LogP contribution >= 0.6 is 0 Å². The molecule has 0 N–H and O–H groups in total. The van der Waals surface area contributed by atoms with Crippen LogP contribution in [-0.4, -0.2) is 79.0 Å². The summed E-state index contributed by atoms with van der Waals surface area (Å²) in [4.78, 5) is 31.7. The van der Waals surface area contributed by atoms with Crippen LogP contribution in [0.4, 0.5) is 0 Å². The summed E-state index contributed by atoms with van der Waals surface area (Å²) < 4.78 is 5.42. The van der Waals surface area contributed by atoms with E-state index < -0.39 is 0 Å². The minimum absolute atomic E-state index is 0.101. The second-order valence-electron chi connectivity index (χ2n) is 8.34. The smallest absolute Gasteiger partial charge is 0.227 e. The van der Waals surface area contributed by atoms with Crippen molar-refractivity contribution in [2.45, 2.75) is 25.8 Å². The Morgan fingerprint density at radius 2 is 1.75 bits per heavy atom. The van der Waals surface area contributed by atoms with Gasteiger partial charge < -0.3 is 14.5 Å². The maximum Gasteiger partial charge on any atom is 0.227 e. The van der Waals surface area contributed by atoms with Crippen LogP contribution in [0.3, 0.4) is 0 Å². The lowest BCUT2D eigenvalue weighted by molar-refractivity contribution is -0.137. The molecule has 0 saturated carbocycles. The predicted molar refractivity (Wildman–Crippen MR) is 107 cm³/mol. The number of amides is 2. The highest BCUT2D eigenvalue weighted by atomic mass is 16.5. The number of benzene rings is 1.